The van der Waals surface area contributed by atoms with Gasteiger partial charge in [0.2, 0.25) is 10.0 Å². The maximum atomic E-state index is 13.4. The number of sulfonamides is 1. The molecule has 0 aliphatic heterocycles. The van der Waals surface area contributed by atoms with Crippen LogP contribution in [0, 0.1) is 11.2 Å². The van der Waals surface area contributed by atoms with Crippen molar-refractivity contribution >= 4 is 21.7 Å². The van der Waals surface area contributed by atoms with Crippen LogP contribution in [0.5, 0.6) is 0 Å². The first-order valence-corrected chi connectivity index (χ1v) is 7.19. The molecule has 1 aromatic carbocycles. The van der Waals surface area contributed by atoms with Crippen molar-refractivity contribution in [1.29, 1.82) is 0 Å². The maximum Gasteiger partial charge on any atom is 0.338 e. The normalized spacial score (nSPS) is 12.2. The van der Waals surface area contributed by atoms with Crippen LogP contribution >= 0.6 is 0 Å². The highest BCUT2D eigenvalue weighted by Gasteiger charge is 2.22. The van der Waals surface area contributed by atoms with Crippen LogP contribution in [0.15, 0.2) is 18.2 Å². The first kappa shape index (κ1) is 15.4. The zero-order valence-corrected chi connectivity index (χ0v) is 11.7. The predicted molar refractivity (Wildman–Crippen MR) is 70.2 cm³/mol. The van der Waals surface area contributed by atoms with E-state index in [9.17, 15) is 17.6 Å². The Bertz CT molecular complexity index is 590. The van der Waals surface area contributed by atoms with Crippen molar-refractivity contribution in [2.75, 3.05) is 10.5 Å². The van der Waals surface area contributed by atoms with E-state index in [1.54, 1.807) is 20.8 Å². The molecule has 19 heavy (non-hydrogen) atoms. The van der Waals surface area contributed by atoms with Gasteiger partial charge in [0, 0.05) is 0 Å². The summed E-state index contributed by atoms with van der Waals surface area (Å²) >= 11 is 0. The van der Waals surface area contributed by atoms with Crippen molar-refractivity contribution in [2.45, 2.75) is 20.8 Å². The fourth-order valence-corrected chi connectivity index (χ4v) is 3.24. The van der Waals surface area contributed by atoms with E-state index < -0.39 is 32.8 Å². The number of anilines is 1. The molecule has 0 atom stereocenters. The topological polar surface area (TPSA) is 83.5 Å². The average molecular weight is 289 g/mol. The van der Waals surface area contributed by atoms with E-state index in [4.69, 9.17) is 5.11 Å². The summed E-state index contributed by atoms with van der Waals surface area (Å²) < 4.78 is 39.2. The van der Waals surface area contributed by atoms with E-state index >= 15 is 0 Å². The van der Waals surface area contributed by atoms with Crippen molar-refractivity contribution < 1.29 is 22.7 Å². The lowest BCUT2D eigenvalue weighted by atomic mass is 10.0. The number of nitrogens with one attached hydrogen (secondary N) is 1. The molecule has 0 fully saturated rings. The van der Waals surface area contributed by atoms with Crippen molar-refractivity contribution in [1.82, 2.24) is 0 Å². The molecular formula is C12H16FNO4S. The highest BCUT2D eigenvalue weighted by molar-refractivity contribution is 7.92. The summed E-state index contributed by atoms with van der Waals surface area (Å²) in [5, 5.41) is 8.66. The van der Waals surface area contributed by atoms with E-state index in [0.717, 1.165) is 12.1 Å². The quantitative estimate of drug-likeness (QED) is 0.891. The summed E-state index contributed by atoms with van der Waals surface area (Å²) in [6.07, 6.45) is 0. The largest absolute Gasteiger partial charge is 0.478 e. The van der Waals surface area contributed by atoms with Crippen molar-refractivity contribution in [3.63, 3.8) is 0 Å². The smallest absolute Gasteiger partial charge is 0.338 e. The van der Waals surface area contributed by atoms with Crippen LogP contribution in [-0.4, -0.2) is 25.2 Å². The fourth-order valence-electron chi connectivity index (χ4n) is 1.54. The van der Waals surface area contributed by atoms with Crippen molar-refractivity contribution in [2.24, 2.45) is 5.41 Å². The number of carboxylic acids is 1. The van der Waals surface area contributed by atoms with E-state index in [-0.39, 0.29) is 11.4 Å². The fraction of sp³-hybridized carbons (Fsp3) is 0.417. The molecule has 0 aliphatic carbocycles. The van der Waals surface area contributed by atoms with Gasteiger partial charge in [-0.2, -0.15) is 0 Å². The lowest BCUT2D eigenvalue weighted by molar-refractivity contribution is 0.0692. The van der Waals surface area contributed by atoms with Crippen LogP contribution in [0.25, 0.3) is 0 Å². The van der Waals surface area contributed by atoms with Gasteiger partial charge in [-0.3, -0.25) is 4.72 Å². The zero-order chi connectivity index (χ0) is 14.8. The number of carboxylic acid groups (broad SMARTS) is 1. The van der Waals surface area contributed by atoms with Crippen LogP contribution in [0.4, 0.5) is 10.1 Å². The first-order valence-electron chi connectivity index (χ1n) is 5.53. The number of halogens is 1. The van der Waals surface area contributed by atoms with Crippen molar-refractivity contribution in [3.05, 3.63) is 29.6 Å². The second-order valence-corrected chi connectivity index (χ2v) is 7.14. The Morgan fingerprint density at radius 1 is 1.37 bits per heavy atom. The molecule has 0 spiro atoms. The molecule has 5 nitrogen and oxygen atoms in total. The van der Waals surface area contributed by atoms with Gasteiger partial charge in [0.1, 0.15) is 5.82 Å². The molecule has 106 valence electrons. The SMILES string of the molecule is CC(C)(C)CS(=O)(=O)Nc1ccc(C(=O)O)c(F)c1. The monoisotopic (exact) mass is 289 g/mol. The number of benzene rings is 1. The highest BCUT2D eigenvalue weighted by Crippen LogP contribution is 2.20. The van der Waals surface area contributed by atoms with Gasteiger partial charge < -0.3 is 5.11 Å². The number of hydrogen-bond donors (Lipinski definition) is 2. The number of rotatable bonds is 4. The molecule has 0 bridgehead atoms. The third-order valence-electron chi connectivity index (χ3n) is 2.10. The van der Waals surface area contributed by atoms with Gasteiger partial charge in [-0.15, -0.1) is 0 Å². The minimum atomic E-state index is -3.61. The van der Waals surface area contributed by atoms with E-state index in [2.05, 4.69) is 4.72 Å². The van der Waals surface area contributed by atoms with Gasteiger partial charge in [-0.25, -0.2) is 17.6 Å². The van der Waals surface area contributed by atoms with Gasteiger partial charge >= 0.3 is 5.97 Å². The summed E-state index contributed by atoms with van der Waals surface area (Å²) in [5.41, 5.74) is -0.934. The molecule has 2 N–H and O–H groups in total. The van der Waals surface area contributed by atoms with Gasteiger partial charge in [-0.05, 0) is 23.6 Å². The molecule has 7 heteroatoms. The minimum Gasteiger partial charge on any atom is -0.478 e. The molecule has 0 heterocycles. The number of hydrogen-bond acceptors (Lipinski definition) is 3. The Labute approximate surface area is 111 Å². The van der Waals surface area contributed by atoms with Gasteiger partial charge in [-0.1, -0.05) is 20.8 Å². The minimum absolute atomic E-state index is 0.00625. The van der Waals surface area contributed by atoms with Gasteiger partial charge in [0.25, 0.3) is 0 Å². The predicted octanol–water partition coefficient (Wildman–Crippen LogP) is 2.31. The molecule has 1 rings (SSSR count). The molecule has 0 saturated heterocycles. The molecule has 0 amide bonds. The van der Waals surface area contributed by atoms with E-state index in [0.29, 0.717) is 0 Å². The van der Waals surface area contributed by atoms with Crippen LogP contribution in [-0.2, 0) is 10.0 Å². The van der Waals surface area contributed by atoms with Crippen LogP contribution < -0.4 is 4.72 Å². The Hall–Kier alpha value is -1.63. The summed E-state index contributed by atoms with van der Waals surface area (Å²) in [7, 11) is -3.61. The molecule has 0 aliphatic rings. The van der Waals surface area contributed by atoms with Crippen molar-refractivity contribution in [3.8, 4) is 0 Å². The van der Waals surface area contributed by atoms with Crippen LogP contribution in [0.1, 0.15) is 31.1 Å². The summed E-state index contributed by atoms with van der Waals surface area (Å²) in [6, 6.07) is 3.09. The van der Waals surface area contributed by atoms with E-state index in [1.165, 1.54) is 6.07 Å². The summed E-state index contributed by atoms with van der Waals surface area (Å²) in [6.45, 7) is 5.29. The summed E-state index contributed by atoms with van der Waals surface area (Å²) in [5.74, 6) is -2.51. The molecule has 0 radical (unpaired) electrons. The maximum absolute atomic E-state index is 13.4. The van der Waals surface area contributed by atoms with Crippen LogP contribution in [0.2, 0.25) is 0 Å². The Morgan fingerprint density at radius 2 is 1.95 bits per heavy atom. The number of carbonyl (C=O) groups is 1. The third-order valence-corrected chi connectivity index (χ3v) is 3.89. The van der Waals surface area contributed by atoms with Gasteiger partial charge in [0.15, 0.2) is 0 Å². The van der Waals surface area contributed by atoms with E-state index in [1.807, 2.05) is 0 Å². The molecule has 0 saturated carbocycles. The Balaban J connectivity index is 2.95. The van der Waals surface area contributed by atoms with Gasteiger partial charge in [0.05, 0.1) is 17.0 Å². The second-order valence-electron chi connectivity index (χ2n) is 5.42. The third kappa shape index (κ3) is 4.86. The Kier molecular flexibility index (Phi) is 4.19. The number of aromatic carboxylic acids is 1. The summed E-state index contributed by atoms with van der Waals surface area (Å²) in [4.78, 5) is 10.6. The Morgan fingerprint density at radius 3 is 2.37 bits per heavy atom. The molecule has 0 unspecified atom stereocenters. The molecule has 1 aromatic rings. The van der Waals surface area contributed by atoms with Crippen LogP contribution in [0.3, 0.4) is 0 Å². The molecule has 0 aromatic heterocycles. The standard InChI is InChI=1S/C12H16FNO4S/c1-12(2,3)7-19(17,18)14-8-4-5-9(11(15)16)10(13)6-8/h4-6,14H,7H2,1-3H3,(H,15,16). The lowest BCUT2D eigenvalue weighted by Gasteiger charge is -2.18. The average Bonchev–Trinajstić information content (AvgIpc) is 2.11. The lowest BCUT2D eigenvalue weighted by Crippen LogP contribution is -2.26. The zero-order valence-electron chi connectivity index (χ0n) is 10.9. The highest BCUT2D eigenvalue weighted by atomic mass is 32.2. The first-order chi connectivity index (χ1) is 8.50. The second kappa shape index (κ2) is 5.16. The molecular weight excluding hydrogens is 273 g/mol.